The fraction of sp³-hybridized carbons (Fsp3) is 0.0833. The number of benzene rings is 4. The SMILES string of the molecule is N#CC1C(=N)Oc2ccc3ccccc3c2C1c1cccc2ccccc12. The molecule has 0 radical (unpaired) electrons. The second-order valence-corrected chi connectivity index (χ2v) is 6.82. The van der Waals surface area contributed by atoms with Crippen molar-refractivity contribution in [3.63, 3.8) is 0 Å². The van der Waals surface area contributed by atoms with Crippen molar-refractivity contribution in [1.29, 1.82) is 10.7 Å². The highest BCUT2D eigenvalue weighted by atomic mass is 16.5. The van der Waals surface area contributed by atoms with E-state index >= 15 is 0 Å². The van der Waals surface area contributed by atoms with Gasteiger partial charge in [0.15, 0.2) is 0 Å². The molecule has 0 aromatic heterocycles. The first-order valence-corrected chi connectivity index (χ1v) is 8.93. The number of nitrogens with one attached hydrogen (secondary N) is 1. The highest BCUT2D eigenvalue weighted by Gasteiger charge is 2.38. The van der Waals surface area contributed by atoms with Crippen LogP contribution in [-0.2, 0) is 0 Å². The van der Waals surface area contributed by atoms with Crippen molar-refractivity contribution in [3.8, 4) is 11.8 Å². The van der Waals surface area contributed by atoms with Crippen molar-refractivity contribution in [2.45, 2.75) is 5.92 Å². The van der Waals surface area contributed by atoms with Gasteiger partial charge in [0, 0.05) is 11.5 Å². The van der Waals surface area contributed by atoms with Gasteiger partial charge in [0.2, 0.25) is 5.90 Å². The van der Waals surface area contributed by atoms with Crippen molar-refractivity contribution >= 4 is 27.4 Å². The van der Waals surface area contributed by atoms with Crippen LogP contribution in [0.15, 0.2) is 78.9 Å². The maximum atomic E-state index is 9.89. The lowest BCUT2D eigenvalue weighted by Crippen LogP contribution is -2.31. The summed E-state index contributed by atoms with van der Waals surface area (Å²) in [7, 11) is 0. The highest BCUT2D eigenvalue weighted by molar-refractivity contribution is 5.96. The fourth-order valence-electron chi connectivity index (χ4n) is 4.18. The predicted octanol–water partition coefficient (Wildman–Crippen LogP) is 5.63. The smallest absolute Gasteiger partial charge is 0.205 e. The first-order valence-electron chi connectivity index (χ1n) is 8.93. The van der Waals surface area contributed by atoms with Gasteiger partial charge in [0.25, 0.3) is 0 Å². The van der Waals surface area contributed by atoms with Gasteiger partial charge >= 0.3 is 0 Å². The molecule has 5 rings (SSSR count). The van der Waals surface area contributed by atoms with Gasteiger partial charge in [-0.05, 0) is 33.2 Å². The zero-order chi connectivity index (χ0) is 18.4. The van der Waals surface area contributed by atoms with Crippen molar-refractivity contribution in [3.05, 3.63) is 90.0 Å². The Labute approximate surface area is 156 Å². The van der Waals surface area contributed by atoms with Crippen LogP contribution in [-0.4, -0.2) is 5.90 Å². The number of nitriles is 1. The Hall–Kier alpha value is -3.64. The van der Waals surface area contributed by atoms with E-state index in [-0.39, 0.29) is 11.8 Å². The number of rotatable bonds is 1. The lowest BCUT2D eigenvalue weighted by Gasteiger charge is -2.32. The van der Waals surface area contributed by atoms with Crippen LogP contribution < -0.4 is 4.74 Å². The molecule has 3 heteroatoms. The van der Waals surface area contributed by atoms with E-state index in [0.717, 1.165) is 32.7 Å². The lowest BCUT2D eigenvalue weighted by atomic mass is 9.76. The molecule has 2 unspecified atom stereocenters. The Morgan fingerprint density at radius 2 is 1.44 bits per heavy atom. The summed E-state index contributed by atoms with van der Waals surface area (Å²) in [5, 5.41) is 22.6. The maximum absolute atomic E-state index is 9.89. The summed E-state index contributed by atoms with van der Waals surface area (Å²) in [4.78, 5) is 0. The number of hydrogen-bond acceptors (Lipinski definition) is 3. The molecule has 3 nitrogen and oxygen atoms in total. The molecular weight excluding hydrogens is 332 g/mol. The lowest BCUT2D eigenvalue weighted by molar-refractivity contribution is 0.453. The summed E-state index contributed by atoms with van der Waals surface area (Å²) in [6, 6.07) is 28.8. The summed E-state index contributed by atoms with van der Waals surface area (Å²) in [5.74, 6) is -0.223. The molecule has 1 aliphatic heterocycles. The standard InChI is InChI=1S/C24H16N2O/c25-14-20-22(19-11-5-8-15-6-1-3-9-17(15)19)23-18-10-4-2-7-16(18)12-13-21(23)27-24(20)26/h1-13,20,22,26H. The normalized spacial score (nSPS) is 18.7. The van der Waals surface area contributed by atoms with E-state index in [1.807, 2.05) is 42.5 Å². The van der Waals surface area contributed by atoms with E-state index in [0.29, 0.717) is 5.75 Å². The molecule has 2 atom stereocenters. The number of hydrogen-bond donors (Lipinski definition) is 1. The third-order valence-electron chi connectivity index (χ3n) is 5.37. The number of ether oxygens (including phenoxy) is 1. The van der Waals surface area contributed by atoms with Crippen LogP contribution in [0.1, 0.15) is 17.0 Å². The van der Waals surface area contributed by atoms with E-state index in [1.165, 1.54) is 0 Å². The maximum Gasteiger partial charge on any atom is 0.205 e. The van der Waals surface area contributed by atoms with Crippen LogP contribution in [0.3, 0.4) is 0 Å². The van der Waals surface area contributed by atoms with E-state index in [1.54, 1.807) is 0 Å². The summed E-state index contributed by atoms with van der Waals surface area (Å²) in [6.07, 6.45) is 0. The molecule has 27 heavy (non-hydrogen) atoms. The van der Waals surface area contributed by atoms with Crippen molar-refractivity contribution in [2.75, 3.05) is 0 Å². The van der Waals surface area contributed by atoms with Gasteiger partial charge in [-0.3, -0.25) is 5.41 Å². The van der Waals surface area contributed by atoms with Crippen LogP contribution in [0.25, 0.3) is 21.5 Å². The molecule has 1 aliphatic rings. The molecule has 0 fully saturated rings. The third kappa shape index (κ3) is 2.31. The fourth-order valence-corrected chi connectivity index (χ4v) is 4.18. The van der Waals surface area contributed by atoms with Gasteiger partial charge < -0.3 is 4.74 Å². The molecule has 128 valence electrons. The first kappa shape index (κ1) is 15.6. The van der Waals surface area contributed by atoms with Gasteiger partial charge in [0.1, 0.15) is 11.7 Å². The zero-order valence-corrected chi connectivity index (χ0v) is 14.5. The van der Waals surface area contributed by atoms with Gasteiger partial charge in [-0.15, -0.1) is 0 Å². The van der Waals surface area contributed by atoms with E-state index in [4.69, 9.17) is 10.1 Å². The molecule has 0 saturated heterocycles. The summed E-state index contributed by atoms with van der Waals surface area (Å²) >= 11 is 0. The predicted molar refractivity (Wildman–Crippen MR) is 107 cm³/mol. The molecule has 1 heterocycles. The highest BCUT2D eigenvalue weighted by Crippen LogP contribution is 2.47. The quantitative estimate of drug-likeness (QED) is 0.484. The third-order valence-corrected chi connectivity index (χ3v) is 5.37. The van der Waals surface area contributed by atoms with Crippen molar-refractivity contribution < 1.29 is 4.74 Å². The van der Waals surface area contributed by atoms with E-state index in [9.17, 15) is 5.26 Å². The van der Waals surface area contributed by atoms with Gasteiger partial charge in [0.05, 0.1) is 6.07 Å². The van der Waals surface area contributed by atoms with Gasteiger partial charge in [-0.2, -0.15) is 5.26 Å². The minimum atomic E-state index is -0.658. The van der Waals surface area contributed by atoms with Gasteiger partial charge in [-0.1, -0.05) is 72.8 Å². The molecule has 0 saturated carbocycles. The molecule has 0 aliphatic carbocycles. The van der Waals surface area contributed by atoms with Crippen molar-refractivity contribution in [1.82, 2.24) is 0 Å². The van der Waals surface area contributed by atoms with Crippen LogP contribution in [0.4, 0.5) is 0 Å². The van der Waals surface area contributed by atoms with E-state index in [2.05, 4.69) is 42.5 Å². The van der Waals surface area contributed by atoms with Crippen LogP contribution in [0, 0.1) is 22.7 Å². The molecule has 0 spiro atoms. The largest absolute Gasteiger partial charge is 0.442 e. The molecule has 4 aromatic rings. The number of nitrogens with zero attached hydrogens (tertiary/aromatic N) is 1. The Bertz CT molecular complexity index is 1250. The Morgan fingerprint density at radius 1 is 0.778 bits per heavy atom. The number of fused-ring (bicyclic) bond motifs is 4. The summed E-state index contributed by atoms with van der Waals surface area (Å²) in [6.45, 7) is 0. The molecule has 4 aromatic carbocycles. The Kier molecular flexibility index (Phi) is 3.45. The average molecular weight is 348 g/mol. The Balaban J connectivity index is 1.89. The van der Waals surface area contributed by atoms with Gasteiger partial charge in [-0.25, -0.2) is 0 Å². The first-order chi connectivity index (χ1) is 13.3. The topological polar surface area (TPSA) is 56.9 Å². The summed E-state index contributed by atoms with van der Waals surface area (Å²) < 4.78 is 5.77. The molecule has 0 amide bonds. The van der Waals surface area contributed by atoms with Crippen LogP contribution in [0.2, 0.25) is 0 Å². The molecule has 0 bridgehead atoms. The van der Waals surface area contributed by atoms with Crippen LogP contribution >= 0.6 is 0 Å². The second-order valence-electron chi connectivity index (χ2n) is 6.82. The summed E-state index contributed by atoms with van der Waals surface area (Å²) in [5.41, 5.74) is 2.05. The van der Waals surface area contributed by atoms with Crippen molar-refractivity contribution in [2.24, 2.45) is 5.92 Å². The second kappa shape index (κ2) is 5.96. The van der Waals surface area contributed by atoms with Crippen LogP contribution in [0.5, 0.6) is 5.75 Å². The Morgan fingerprint density at radius 3 is 2.22 bits per heavy atom. The average Bonchev–Trinajstić information content (AvgIpc) is 2.72. The minimum Gasteiger partial charge on any atom is -0.442 e. The zero-order valence-electron chi connectivity index (χ0n) is 14.5. The molecule has 1 N–H and O–H groups in total. The minimum absolute atomic E-state index is 0.0122. The molecular formula is C24H16N2O. The van der Waals surface area contributed by atoms with E-state index < -0.39 is 5.92 Å². The monoisotopic (exact) mass is 348 g/mol.